The highest BCUT2D eigenvalue weighted by Gasteiger charge is 3.00. The van der Waals surface area contributed by atoms with Crippen LogP contribution < -0.4 is 0 Å². The molecule has 17 heteroatoms. The zero-order valence-electron chi connectivity index (χ0n) is 10.5. The van der Waals surface area contributed by atoms with Gasteiger partial charge in [0.2, 0.25) is 0 Å². The Morgan fingerprint density at radius 2 is 0.800 bits per heavy atom. The molecule has 1 N–H and O–H groups in total. The second kappa shape index (κ2) is 5.46. The molecular formula is C8HF15O2. The fourth-order valence-corrected chi connectivity index (χ4v) is 1.64. The Kier molecular flexibility index (Phi) is 5.11. The lowest BCUT2D eigenvalue weighted by Crippen LogP contribution is -2.77. The minimum Gasteiger partial charge on any atom is -0.477 e. The molecule has 25 heavy (non-hydrogen) atoms. The molecule has 0 fully saturated rings. The summed E-state index contributed by atoms with van der Waals surface area (Å²) >= 11 is 0. The zero-order chi connectivity index (χ0) is 21.1. The summed E-state index contributed by atoms with van der Waals surface area (Å²) < 4.78 is 188. The van der Waals surface area contributed by atoms with Gasteiger partial charge in [-0.25, -0.2) is 4.79 Å². The fourth-order valence-electron chi connectivity index (χ4n) is 1.64. The summed E-state index contributed by atoms with van der Waals surface area (Å²) in [6, 6.07) is 0. The van der Waals surface area contributed by atoms with Gasteiger partial charge in [0, 0.05) is 0 Å². The topological polar surface area (TPSA) is 37.3 Å². The summed E-state index contributed by atoms with van der Waals surface area (Å²) in [7, 11) is 0. The van der Waals surface area contributed by atoms with Crippen LogP contribution in [0.3, 0.4) is 0 Å². The highest BCUT2D eigenvalue weighted by Crippen LogP contribution is 2.70. The molecule has 2 nitrogen and oxygen atoms in total. The Hall–Kier alpha value is -1.58. The van der Waals surface area contributed by atoms with Gasteiger partial charge in [-0.15, -0.1) is 0 Å². The first kappa shape index (κ1) is 23.4. The summed E-state index contributed by atoms with van der Waals surface area (Å²) in [6.07, 6.45) is -24.5. The first-order valence-corrected chi connectivity index (χ1v) is 5.01. The van der Waals surface area contributed by atoms with Crippen LogP contribution in [0.2, 0.25) is 0 Å². The number of halogens is 15. The van der Waals surface area contributed by atoms with Crippen LogP contribution >= 0.6 is 0 Å². The lowest BCUT2D eigenvalue weighted by atomic mass is 9.70. The summed E-state index contributed by atoms with van der Waals surface area (Å²) in [5.74, 6) is -29.6. The summed E-state index contributed by atoms with van der Waals surface area (Å²) in [5, 5.41) is 7.73. The summed E-state index contributed by atoms with van der Waals surface area (Å²) in [6.45, 7) is 0. The lowest BCUT2D eigenvalue weighted by molar-refractivity contribution is -0.490. The molecule has 0 aromatic heterocycles. The van der Waals surface area contributed by atoms with E-state index < -0.39 is 47.7 Å². The number of rotatable bonds is 4. The standard InChI is InChI=1S/C8HF15O2/c9-2(10,1(24)25)3(6(15,16)17,7(18,19)20)4(11,12)5(13,14)8(21,22)23/h(H,24,25). The van der Waals surface area contributed by atoms with Gasteiger partial charge >= 0.3 is 47.7 Å². The molecule has 0 amide bonds. The Balaban J connectivity index is 7.46. The van der Waals surface area contributed by atoms with Gasteiger partial charge in [0.15, 0.2) is 0 Å². The predicted octanol–water partition coefficient (Wildman–Crippen LogP) is 4.65. The van der Waals surface area contributed by atoms with E-state index in [1.807, 2.05) is 0 Å². The average Bonchev–Trinajstić information content (AvgIpc) is 2.21. The molecule has 0 atom stereocenters. The van der Waals surface area contributed by atoms with Crippen molar-refractivity contribution < 1.29 is 75.8 Å². The van der Waals surface area contributed by atoms with Crippen LogP contribution in [0, 0.1) is 5.41 Å². The number of carboxylic acids is 1. The van der Waals surface area contributed by atoms with Crippen molar-refractivity contribution >= 4 is 5.97 Å². The molecule has 0 aliphatic rings. The number of alkyl halides is 15. The summed E-state index contributed by atoms with van der Waals surface area (Å²) in [5.41, 5.74) is -8.61. The van der Waals surface area contributed by atoms with Crippen molar-refractivity contribution in [2.45, 2.75) is 36.3 Å². The second-order valence-electron chi connectivity index (χ2n) is 4.27. The van der Waals surface area contributed by atoms with Crippen molar-refractivity contribution in [2.75, 3.05) is 0 Å². The maximum Gasteiger partial charge on any atom is 0.459 e. The normalized spacial score (nSPS) is 16.1. The number of carboxylic acid groups (broad SMARTS) is 1. The molecule has 0 heterocycles. The van der Waals surface area contributed by atoms with Crippen LogP contribution in [0.15, 0.2) is 0 Å². The van der Waals surface area contributed by atoms with E-state index in [9.17, 15) is 70.7 Å². The van der Waals surface area contributed by atoms with E-state index >= 15 is 0 Å². The quantitative estimate of drug-likeness (QED) is 0.681. The molecule has 150 valence electrons. The Morgan fingerprint density at radius 1 is 0.520 bits per heavy atom. The first-order chi connectivity index (χ1) is 10.4. The van der Waals surface area contributed by atoms with Crippen molar-refractivity contribution in [2.24, 2.45) is 5.41 Å². The molecule has 0 aliphatic carbocycles. The average molecular weight is 414 g/mol. The maximum atomic E-state index is 13.2. The molecule has 0 radical (unpaired) electrons. The maximum absolute atomic E-state index is 13.2. The van der Waals surface area contributed by atoms with Crippen molar-refractivity contribution in [1.82, 2.24) is 0 Å². The van der Waals surface area contributed by atoms with E-state index in [1.54, 1.807) is 0 Å². The minimum atomic E-state index is -8.71. The smallest absolute Gasteiger partial charge is 0.459 e. The van der Waals surface area contributed by atoms with Gasteiger partial charge in [0.05, 0.1) is 0 Å². The molecule has 0 bridgehead atoms. The molecule has 0 saturated carbocycles. The van der Waals surface area contributed by atoms with E-state index in [-0.39, 0.29) is 0 Å². The largest absolute Gasteiger partial charge is 0.477 e. The number of aliphatic carboxylic acids is 1. The Morgan fingerprint density at radius 3 is 0.960 bits per heavy atom. The third-order valence-corrected chi connectivity index (χ3v) is 2.81. The van der Waals surface area contributed by atoms with E-state index in [4.69, 9.17) is 5.11 Å². The van der Waals surface area contributed by atoms with E-state index in [1.165, 1.54) is 0 Å². The predicted molar refractivity (Wildman–Crippen MR) is 43.1 cm³/mol. The molecule has 0 aliphatic heterocycles. The van der Waals surface area contributed by atoms with Gasteiger partial charge in [-0.3, -0.25) is 0 Å². The van der Waals surface area contributed by atoms with E-state index in [0.717, 1.165) is 0 Å². The number of hydrogen-bond acceptors (Lipinski definition) is 1. The molecule has 0 aromatic rings. The van der Waals surface area contributed by atoms with Gasteiger partial charge < -0.3 is 5.11 Å². The van der Waals surface area contributed by atoms with Crippen LogP contribution in [0.5, 0.6) is 0 Å². The third-order valence-electron chi connectivity index (χ3n) is 2.81. The van der Waals surface area contributed by atoms with Crippen LogP contribution in [-0.4, -0.2) is 47.4 Å². The highest BCUT2D eigenvalue weighted by molar-refractivity contribution is 5.77. The minimum absolute atomic E-state index is 4.67. The van der Waals surface area contributed by atoms with Gasteiger partial charge in [-0.1, -0.05) is 0 Å². The van der Waals surface area contributed by atoms with Gasteiger partial charge in [0.25, 0.3) is 0 Å². The number of carbonyl (C=O) groups is 1. The molecule has 0 spiro atoms. The van der Waals surface area contributed by atoms with Crippen molar-refractivity contribution in [1.29, 1.82) is 0 Å². The zero-order valence-corrected chi connectivity index (χ0v) is 10.5. The van der Waals surface area contributed by atoms with Crippen molar-refractivity contribution in [3.8, 4) is 0 Å². The molecule has 0 aromatic carbocycles. The summed E-state index contributed by atoms with van der Waals surface area (Å²) in [4.78, 5) is 9.97. The van der Waals surface area contributed by atoms with Gasteiger partial charge in [-0.05, 0) is 0 Å². The first-order valence-electron chi connectivity index (χ1n) is 5.01. The van der Waals surface area contributed by atoms with Crippen LogP contribution in [0.25, 0.3) is 0 Å². The SMILES string of the molecule is O=C(O)C(F)(F)C(C(F)(F)F)(C(F)(F)F)C(F)(F)C(F)(F)C(F)(F)F. The number of hydrogen-bond donors (Lipinski definition) is 1. The van der Waals surface area contributed by atoms with Crippen molar-refractivity contribution in [3.63, 3.8) is 0 Å². The van der Waals surface area contributed by atoms with Gasteiger partial charge in [-0.2, -0.15) is 65.9 Å². The Bertz CT molecular complexity index is 507. The Labute approximate surface area is 125 Å². The van der Waals surface area contributed by atoms with Crippen LogP contribution in [-0.2, 0) is 4.79 Å². The van der Waals surface area contributed by atoms with Gasteiger partial charge in [0.1, 0.15) is 0 Å². The van der Waals surface area contributed by atoms with Crippen LogP contribution in [0.1, 0.15) is 0 Å². The second-order valence-corrected chi connectivity index (χ2v) is 4.27. The van der Waals surface area contributed by atoms with Crippen molar-refractivity contribution in [3.05, 3.63) is 0 Å². The van der Waals surface area contributed by atoms with E-state index in [0.29, 0.717) is 0 Å². The highest BCUT2D eigenvalue weighted by atomic mass is 19.4. The monoisotopic (exact) mass is 414 g/mol. The molecular weight excluding hydrogens is 413 g/mol. The molecule has 0 rings (SSSR count). The third kappa shape index (κ3) is 2.74. The molecule has 0 unspecified atom stereocenters. The fraction of sp³-hybridized carbons (Fsp3) is 0.875. The van der Waals surface area contributed by atoms with Crippen LogP contribution in [0.4, 0.5) is 65.9 Å². The molecule has 0 saturated heterocycles. The lowest BCUT2D eigenvalue weighted by Gasteiger charge is -2.46. The van der Waals surface area contributed by atoms with E-state index in [2.05, 4.69) is 0 Å².